The van der Waals surface area contributed by atoms with Crippen LogP contribution in [-0.2, 0) is 17.9 Å². The maximum absolute atomic E-state index is 13.2. The summed E-state index contributed by atoms with van der Waals surface area (Å²) in [5, 5.41) is 2.91. The molecule has 1 amide bonds. The van der Waals surface area contributed by atoms with Crippen molar-refractivity contribution in [2.75, 3.05) is 13.7 Å². The van der Waals surface area contributed by atoms with E-state index in [1.807, 2.05) is 6.07 Å². The van der Waals surface area contributed by atoms with Crippen LogP contribution in [0.3, 0.4) is 0 Å². The SMILES string of the molecule is COc1ccccc1C(=O)NC[C@H]1Cn2c(-c3ccc(F)cc3)cnc2CO1. The maximum atomic E-state index is 13.2. The molecule has 0 saturated heterocycles. The number of benzene rings is 2. The summed E-state index contributed by atoms with van der Waals surface area (Å²) in [4.78, 5) is 16.9. The molecule has 28 heavy (non-hydrogen) atoms. The van der Waals surface area contributed by atoms with Gasteiger partial charge in [0.2, 0.25) is 0 Å². The number of imidazole rings is 1. The van der Waals surface area contributed by atoms with Gasteiger partial charge < -0.3 is 19.4 Å². The van der Waals surface area contributed by atoms with Crippen molar-refractivity contribution in [1.29, 1.82) is 0 Å². The summed E-state index contributed by atoms with van der Waals surface area (Å²) in [5.41, 5.74) is 2.27. The highest BCUT2D eigenvalue weighted by molar-refractivity contribution is 5.96. The van der Waals surface area contributed by atoms with Crippen molar-refractivity contribution in [3.8, 4) is 17.0 Å². The third-order valence-corrected chi connectivity index (χ3v) is 4.75. The van der Waals surface area contributed by atoms with Gasteiger partial charge in [-0.2, -0.15) is 0 Å². The van der Waals surface area contributed by atoms with Crippen molar-refractivity contribution < 1.29 is 18.7 Å². The molecule has 1 aliphatic heterocycles. The minimum absolute atomic E-state index is 0.195. The molecule has 3 aromatic rings. The summed E-state index contributed by atoms with van der Waals surface area (Å²) in [6.45, 7) is 1.27. The third-order valence-electron chi connectivity index (χ3n) is 4.75. The van der Waals surface area contributed by atoms with E-state index in [-0.39, 0.29) is 17.8 Å². The Balaban J connectivity index is 1.45. The second-order valence-corrected chi connectivity index (χ2v) is 6.52. The summed E-state index contributed by atoms with van der Waals surface area (Å²) < 4.78 is 26.3. The number of para-hydroxylation sites is 1. The number of hydrogen-bond donors (Lipinski definition) is 1. The molecule has 0 spiro atoms. The average Bonchev–Trinajstić information content (AvgIpc) is 3.15. The fraction of sp³-hybridized carbons (Fsp3) is 0.238. The normalized spacial score (nSPS) is 15.7. The van der Waals surface area contributed by atoms with E-state index in [0.29, 0.717) is 31.0 Å². The molecule has 2 heterocycles. The zero-order chi connectivity index (χ0) is 19.5. The molecular weight excluding hydrogens is 361 g/mol. The first-order valence-corrected chi connectivity index (χ1v) is 8.99. The summed E-state index contributed by atoms with van der Waals surface area (Å²) in [6.07, 6.45) is 1.57. The highest BCUT2D eigenvalue weighted by Crippen LogP contribution is 2.25. The Bertz CT molecular complexity index is 985. The lowest BCUT2D eigenvalue weighted by Gasteiger charge is -2.26. The molecule has 0 radical (unpaired) electrons. The Morgan fingerprint density at radius 3 is 2.86 bits per heavy atom. The molecule has 0 aliphatic carbocycles. The molecule has 0 unspecified atom stereocenters. The van der Waals surface area contributed by atoms with Crippen LogP contribution in [0, 0.1) is 5.82 Å². The molecule has 1 N–H and O–H groups in total. The largest absolute Gasteiger partial charge is 0.496 e. The van der Waals surface area contributed by atoms with Crippen LogP contribution in [0.4, 0.5) is 4.39 Å². The predicted molar refractivity (Wildman–Crippen MR) is 102 cm³/mol. The number of hydrogen-bond acceptors (Lipinski definition) is 4. The molecule has 0 saturated carbocycles. The highest BCUT2D eigenvalue weighted by Gasteiger charge is 2.24. The zero-order valence-corrected chi connectivity index (χ0v) is 15.4. The van der Waals surface area contributed by atoms with Gasteiger partial charge in [0.15, 0.2) is 0 Å². The minimum atomic E-state index is -0.276. The van der Waals surface area contributed by atoms with Crippen molar-refractivity contribution in [3.05, 3.63) is 71.9 Å². The van der Waals surface area contributed by atoms with Crippen LogP contribution < -0.4 is 10.1 Å². The van der Waals surface area contributed by atoms with E-state index in [2.05, 4.69) is 14.9 Å². The molecule has 144 valence electrons. The molecule has 7 heteroatoms. The Labute approximate surface area is 161 Å². The van der Waals surface area contributed by atoms with Crippen molar-refractivity contribution in [2.24, 2.45) is 0 Å². The third kappa shape index (κ3) is 3.61. The van der Waals surface area contributed by atoms with Crippen LogP contribution in [0.1, 0.15) is 16.2 Å². The Morgan fingerprint density at radius 1 is 1.29 bits per heavy atom. The van der Waals surface area contributed by atoms with Crippen LogP contribution in [0.2, 0.25) is 0 Å². The number of aromatic nitrogens is 2. The van der Waals surface area contributed by atoms with Gasteiger partial charge in [0.05, 0.1) is 37.2 Å². The first-order valence-electron chi connectivity index (χ1n) is 8.99. The molecular formula is C21H20FN3O3. The number of nitrogens with zero attached hydrogens (tertiary/aromatic N) is 2. The van der Waals surface area contributed by atoms with Gasteiger partial charge in [-0.15, -0.1) is 0 Å². The quantitative estimate of drug-likeness (QED) is 0.738. The smallest absolute Gasteiger partial charge is 0.255 e. The molecule has 1 aliphatic rings. The molecule has 0 fully saturated rings. The second-order valence-electron chi connectivity index (χ2n) is 6.52. The molecule has 2 aromatic carbocycles. The summed E-state index contributed by atoms with van der Waals surface area (Å²) in [5.74, 6) is 0.852. The minimum Gasteiger partial charge on any atom is -0.496 e. The number of halogens is 1. The van der Waals surface area contributed by atoms with E-state index in [1.165, 1.54) is 19.2 Å². The monoisotopic (exact) mass is 381 g/mol. The maximum Gasteiger partial charge on any atom is 0.255 e. The number of fused-ring (bicyclic) bond motifs is 1. The second kappa shape index (κ2) is 7.82. The number of ether oxygens (including phenoxy) is 2. The first kappa shape index (κ1) is 18.2. The van der Waals surface area contributed by atoms with E-state index in [0.717, 1.165) is 17.1 Å². The zero-order valence-electron chi connectivity index (χ0n) is 15.4. The average molecular weight is 381 g/mol. The Hall–Kier alpha value is -3.19. The Morgan fingerprint density at radius 2 is 2.07 bits per heavy atom. The van der Waals surface area contributed by atoms with E-state index in [1.54, 1.807) is 36.5 Å². The van der Waals surface area contributed by atoms with Gasteiger partial charge in [0.25, 0.3) is 5.91 Å². The highest BCUT2D eigenvalue weighted by atomic mass is 19.1. The summed E-state index contributed by atoms with van der Waals surface area (Å²) >= 11 is 0. The molecule has 4 rings (SSSR count). The molecule has 6 nitrogen and oxygen atoms in total. The van der Waals surface area contributed by atoms with Gasteiger partial charge in [-0.1, -0.05) is 12.1 Å². The van der Waals surface area contributed by atoms with Crippen LogP contribution >= 0.6 is 0 Å². The fourth-order valence-electron chi connectivity index (χ4n) is 3.29. The number of rotatable bonds is 5. The van der Waals surface area contributed by atoms with Crippen LogP contribution in [0.25, 0.3) is 11.3 Å². The molecule has 0 bridgehead atoms. The molecule has 1 aromatic heterocycles. The van der Waals surface area contributed by atoms with Crippen molar-refractivity contribution in [2.45, 2.75) is 19.3 Å². The van der Waals surface area contributed by atoms with Crippen molar-refractivity contribution in [1.82, 2.24) is 14.9 Å². The van der Waals surface area contributed by atoms with Gasteiger partial charge >= 0.3 is 0 Å². The van der Waals surface area contributed by atoms with Gasteiger partial charge in [0, 0.05) is 6.54 Å². The summed E-state index contributed by atoms with van der Waals surface area (Å²) in [7, 11) is 1.54. The van der Waals surface area contributed by atoms with Crippen LogP contribution in [0.15, 0.2) is 54.7 Å². The van der Waals surface area contributed by atoms with E-state index in [9.17, 15) is 9.18 Å². The number of carbonyl (C=O) groups is 1. The van der Waals surface area contributed by atoms with Crippen LogP contribution in [-0.4, -0.2) is 35.2 Å². The fourth-order valence-corrected chi connectivity index (χ4v) is 3.29. The van der Waals surface area contributed by atoms with Gasteiger partial charge in [-0.05, 0) is 42.0 Å². The molecule has 1 atom stereocenters. The van der Waals surface area contributed by atoms with Gasteiger partial charge in [-0.3, -0.25) is 4.79 Å². The predicted octanol–water partition coefficient (Wildman–Crippen LogP) is 3.03. The lowest BCUT2D eigenvalue weighted by atomic mass is 10.1. The number of nitrogens with one attached hydrogen (secondary N) is 1. The van der Waals surface area contributed by atoms with E-state index >= 15 is 0 Å². The van der Waals surface area contributed by atoms with Crippen molar-refractivity contribution in [3.63, 3.8) is 0 Å². The number of methoxy groups -OCH3 is 1. The van der Waals surface area contributed by atoms with E-state index < -0.39 is 0 Å². The first-order chi connectivity index (χ1) is 13.7. The van der Waals surface area contributed by atoms with Crippen LogP contribution in [0.5, 0.6) is 5.75 Å². The van der Waals surface area contributed by atoms with Gasteiger partial charge in [-0.25, -0.2) is 9.37 Å². The topological polar surface area (TPSA) is 65.4 Å². The number of carbonyl (C=O) groups excluding carboxylic acids is 1. The Kier molecular flexibility index (Phi) is 5.08. The number of amides is 1. The van der Waals surface area contributed by atoms with E-state index in [4.69, 9.17) is 9.47 Å². The van der Waals surface area contributed by atoms with Crippen molar-refractivity contribution >= 4 is 5.91 Å². The summed E-state index contributed by atoms with van der Waals surface area (Å²) in [6, 6.07) is 13.4. The van der Waals surface area contributed by atoms with Gasteiger partial charge in [0.1, 0.15) is 24.0 Å². The lowest BCUT2D eigenvalue weighted by Crippen LogP contribution is -2.39. The standard InChI is InChI=1S/C21H20FN3O3/c1-27-19-5-3-2-4-17(19)21(26)24-10-16-12-25-18(11-23-20(25)13-28-16)14-6-8-15(22)9-7-14/h2-9,11,16H,10,12-13H2,1H3,(H,24,26)/t16-/m0/s1. The lowest BCUT2D eigenvalue weighted by molar-refractivity contribution is 0.00373.